The molecule has 1 fully saturated rings. The Kier molecular flexibility index (Phi) is 6.42. The van der Waals surface area contributed by atoms with E-state index in [2.05, 4.69) is 51.2 Å². The van der Waals surface area contributed by atoms with E-state index in [0.29, 0.717) is 5.41 Å². The monoisotopic (exact) mass is 320 g/mol. The predicted octanol–water partition coefficient (Wildman–Crippen LogP) is 2.22. The Morgan fingerprint density at radius 1 is 1.39 bits per heavy atom. The van der Waals surface area contributed by atoms with Crippen molar-refractivity contribution in [2.75, 3.05) is 20.1 Å². The van der Waals surface area contributed by atoms with Gasteiger partial charge in [0.1, 0.15) is 12.2 Å². The minimum absolute atomic E-state index is 0.482. The van der Waals surface area contributed by atoms with Crippen molar-refractivity contribution in [3.8, 4) is 0 Å². The summed E-state index contributed by atoms with van der Waals surface area (Å²) in [4.78, 5) is 4.34. The highest BCUT2D eigenvalue weighted by atomic mass is 15.3. The summed E-state index contributed by atoms with van der Waals surface area (Å²) in [5.74, 6) is 2.68. The summed E-state index contributed by atoms with van der Waals surface area (Å²) in [5, 5.41) is 15.0. The van der Waals surface area contributed by atoms with Crippen molar-refractivity contribution < 1.29 is 0 Å². The van der Waals surface area contributed by atoms with Gasteiger partial charge < -0.3 is 15.2 Å². The standard InChI is InChI=1S/C17H32N6/c1-5-15-22-21-13-23(15)10-9-19-16(18-4)20-12-17(7-6-8-17)11-14(2)3/h13-14H,5-12H2,1-4H3,(H2,18,19,20). The summed E-state index contributed by atoms with van der Waals surface area (Å²) >= 11 is 0. The van der Waals surface area contributed by atoms with Gasteiger partial charge in [-0.2, -0.15) is 0 Å². The van der Waals surface area contributed by atoms with E-state index in [1.54, 1.807) is 6.33 Å². The number of aromatic nitrogens is 3. The van der Waals surface area contributed by atoms with Crippen molar-refractivity contribution in [2.45, 2.75) is 59.4 Å². The molecule has 0 bridgehead atoms. The van der Waals surface area contributed by atoms with E-state index >= 15 is 0 Å². The molecule has 0 saturated heterocycles. The van der Waals surface area contributed by atoms with Crippen LogP contribution in [0.3, 0.4) is 0 Å². The second-order valence-corrected chi connectivity index (χ2v) is 7.10. The highest BCUT2D eigenvalue weighted by Crippen LogP contribution is 2.45. The molecule has 1 aromatic rings. The molecule has 1 aliphatic rings. The number of hydrogen-bond acceptors (Lipinski definition) is 3. The lowest BCUT2D eigenvalue weighted by molar-refractivity contribution is 0.104. The van der Waals surface area contributed by atoms with Crippen LogP contribution in [0.4, 0.5) is 0 Å². The first kappa shape index (κ1) is 17.8. The normalized spacial score (nSPS) is 17.2. The molecule has 1 aromatic heterocycles. The lowest BCUT2D eigenvalue weighted by atomic mass is 9.64. The van der Waals surface area contributed by atoms with Crippen molar-refractivity contribution in [1.29, 1.82) is 0 Å². The molecule has 6 heteroatoms. The Morgan fingerprint density at radius 3 is 2.74 bits per heavy atom. The van der Waals surface area contributed by atoms with Crippen molar-refractivity contribution >= 4 is 5.96 Å². The summed E-state index contributed by atoms with van der Waals surface area (Å²) in [6.45, 7) is 9.43. The van der Waals surface area contributed by atoms with Crippen molar-refractivity contribution in [3.05, 3.63) is 12.2 Å². The van der Waals surface area contributed by atoms with Crippen molar-refractivity contribution in [1.82, 2.24) is 25.4 Å². The molecule has 130 valence electrons. The number of hydrogen-bond donors (Lipinski definition) is 2. The highest BCUT2D eigenvalue weighted by molar-refractivity contribution is 5.79. The molecule has 0 radical (unpaired) electrons. The second-order valence-electron chi connectivity index (χ2n) is 7.10. The Labute approximate surface area is 140 Å². The average molecular weight is 320 g/mol. The average Bonchev–Trinajstić information content (AvgIpc) is 2.94. The van der Waals surface area contributed by atoms with E-state index in [-0.39, 0.29) is 0 Å². The fourth-order valence-electron chi connectivity index (χ4n) is 3.52. The van der Waals surface area contributed by atoms with Gasteiger partial charge in [-0.05, 0) is 30.6 Å². The maximum absolute atomic E-state index is 4.34. The first-order valence-corrected chi connectivity index (χ1v) is 8.90. The third-order valence-corrected chi connectivity index (χ3v) is 4.77. The van der Waals surface area contributed by atoms with Gasteiger partial charge in [0, 0.05) is 33.1 Å². The summed E-state index contributed by atoms with van der Waals surface area (Å²) in [6, 6.07) is 0. The van der Waals surface area contributed by atoms with Crippen LogP contribution in [0.2, 0.25) is 0 Å². The zero-order chi connectivity index (χ0) is 16.7. The molecule has 6 nitrogen and oxygen atoms in total. The van der Waals surface area contributed by atoms with Gasteiger partial charge in [-0.1, -0.05) is 27.2 Å². The molecule has 0 spiro atoms. The summed E-state index contributed by atoms with van der Waals surface area (Å²) in [6.07, 6.45) is 8.06. The van der Waals surface area contributed by atoms with Gasteiger partial charge in [-0.25, -0.2) is 0 Å². The Balaban J connectivity index is 1.75. The molecule has 1 saturated carbocycles. The van der Waals surface area contributed by atoms with Crippen LogP contribution in [0.25, 0.3) is 0 Å². The number of rotatable bonds is 8. The molecule has 0 amide bonds. The van der Waals surface area contributed by atoms with E-state index in [9.17, 15) is 0 Å². The number of nitrogens with zero attached hydrogens (tertiary/aromatic N) is 4. The first-order valence-electron chi connectivity index (χ1n) is 8.90. The van der Waals surface area contributed by atoms with Crippen molar-refractivity contribution in [2.24, 2.45) is 16.3 Å². The van der Waals surface area contributed by atoms with Crippen LogP contribution < -0.4 is 10.6 Å². The van der Waals surface area contributed by atoms with Crippen LogP contribution in [-0.2, 0) is 13.0 Å². The highest BCUT2D eigenvalue weighted by Gasteiger charge is 2.37. The zero-order valence-electron chi connectivity index (χ0n) is 15.1. The fourth-order valence-corrected chi connectivity index (χ4v) is 3.52. The summed E-state index contributed by atoms with van der Waals surface area (Å²) in [5.41, 5.74) is 0.482. The molecule has 1 heterocycles. The Morgan fingerprint density at radius 2 is 2.17 bits per heavy atom. The molecule has 2 N–H and O–H groups in total. The maximum atomic E-state index is 4.34. The minimum Gasteiger partial charge on any atom is -0.356 e. The van der Waals surface area contributed by atoms with E-state index < -0.39 is 0 Å². The van der Waals surface area contributed by atoms with Crippen LogP contribution in [0.1, 0.15) is 52.3 Å². The molecule has 0 aliphatic heterocycles. The minimum atomic E-state index is 0.482. The quantitative estimate of drug-likeness (QED) is 0.569. The number of aryl methyl sites for hydroxylation is 1. The number of nitrogens with one attached hydrogen (secondary N) is 2. The van der Waals surface area contributed by atoms with Crippen molar-refractivity contribution in [3.63, 3.8) is 0 Å². The largest absolute Gasteiger partial charge is 0.356 e. The van der Waals surface area contributed by atoms with Crippen LogP contribution in [0.5, 0.6) is 0 Å². The van der Waals surface area contributed by atoms with Gasteiger partial charge in [0.2, 0.25) is 0 Å². The van der Waals surface area contributed by atoms with Gasteiger partial charge in [0.05, 0.1) is 0 Å². The van der Waals surface area contributed by atoms with Gasteiger partial charge in [-0.15, -0.1) is 10.2 Å². The zero-order valence-corrected chi connectivity index (χ0v) is 15.1. The van der Waals surface area contributed by atoms with Crippen LogP contribution in [-0.4, -0.2) is 40.9 Å². The molecular weight excluding hydrogens is 288 g/mol. The number of guanidine groups is 1. The van der Waals surface area contributed by atoms with Gasteiger partial charge in [0.25, 0.3) is 0 Å². The third-order valence-electron chi connectivity index (χ3n) is 4.77. The Hall–Kier alpha value is -1.59. The third kappa shape index (κ3) is 4.94. The molecule has 1 aliphatic carbocycles. The molecule has 0 atom stereocenters. The lowest BCUT2D eigenvalue weighted by Gasteiger charge is -2.43. The fraction of sp³-hybridized carbons (Fsp3) is 0.824. The topological polar surface area (TPSA) is 67.1 Å². The van der Waals surface area contributed by atoms with Crippen LogP contribution >= 0.6 is 0 Å². The smallest absolute Gasteiger partial charge is 0.191 e. The van der Waals surface area contributed by atoms with Gasteiger partial charge >= 0.3 is 0 Å². The lowest BCUT2D eigenvalue weighted by Crippen LogP contribution is -2.47. The molecule has 23 heavy (non-hydrogen) atoms. The van der Waals surface area contributed by atoms with E-state index in [0.717, 1.165) is 43.8 Å². The summed E-state index contributed by atoms with van der Waals surface area (Å²) < 4.78 is 2.09. The molecule has 2 rings (SSSR count). The van der Waals surface area contributed by atoms with E-state index in [4.69, 9.17) is 0 Å². The van der Waals surface area contributed by atoms with Crippen LogP contribution in [0.15, 0.2) is 11.3 Å². The van der Waals surface area contributed by atoms with E-state index in [1.165, 1.54) is 25.7 Å². The molecular formula is C17H32N6. The van der Waals surface area contributed by atoms with Gasteiger partial charge in [-0.3, -0.25) is 4.99 Å². The maximum Gasteiger partial charge on any atom is 0.191 e. The summed E-state index contributed by atoms with van der Waals surface area (Å²) in [7, 11) is 1.83. The molecule has 0 unspecified atom stereocenters. The Bertz CT molecular complexity index is 501. The first-order chi connectivity index (χ1) is 11.1. The predicted molar refractivity (Wildman–Crippen MR) is 94.5 cm³/mol. The van der Waals surface area contributed by atoms with E-state index in [1.807, 2.05) is 7.05 Å². The molecule has 0 aromatic carbocycles. The van der Waals surface area contributed by atoms with Crippen LogP contribution in [0, 0.1) is 11.3 Å². The SMILES string of the molecule is CCc1nncn1CCNC(=NC)NCC1(CC(C)C)CCC1. The van der Waals surface area contributed by atoms with Gasteiger partial charge in [0.15, 0.2) is 5.96 Å². The number of aliphatic imine (C=N–C) groups is 1. The second kappa shape index (κ2) is 8.31.